The Morgan fingerprint density at radius 1 is 1.19 bits per heavy atom. The van der Waals surface area contributed by atoms with E-state index in [2.05, 4.69) is 15.3 Å². The van der Waals surface area contributed by atoms with E-state index in [4.69, 9.17) is 10.5 Å². The van der Waals surface area contributed by atoms with E-state index in [1.54, 1.807) is 0 Å². The van der Waals surface area contributed by atoms with Crippen molar-refractivity contribution in [2.75, 3.05) is 11.9 Å². The predicted octanol–water partition coefficient (Wildman–Crippen LogP) is 3.10. The molecule has 4 N–H and O–H groups in total. The van der Waals surface area contributed by atoms with Gasteiger partial charge in [0.2, 0.25) is 0 Å². The number of fused-ring (bicyclic) bond motifs is 1. The van der Waals surface area contributed by atoms with E-state index < -0.39 is 6.10 Å². The Bertz CT molecular complexity index is 878. The number of imidazole rings is 1. The fraction of sp³-hybridized carbons (Fsp3) is 0.263. The van der Waals surface area contributed by atoms with Crippen molar-refractivity contribution in [3.8, 4) is 11.4 Å². The van der Waals surface area contributed by atoms with Gasteiger partial charge in [0.1, 0.15) is 11.9 Å². The first-order valence-corrected chi connectivity index (χ1v) is 8.45. The lowest BCUT2D eigenvalue weighted by atomic mass is 10.1. The molecule has 136 valence electrons. The zero-order valence-corrected chi connectivity index (χ0v) is 15.0. The molecule has 1 aliphatic rings. The molecule has 3 aromatic rings. The largest absolute Gasteiger partial charge is 0.364 e. The molecule has 2 atom stereocenters. The molecule has 26 heavy (non-hydrogen) atoms. The average Bonchev–Trinajstić information content (AvgIpc) is 3.29. The number of H-pyrrole nitrogens is 1. The summed E-state index contributed by atoms with van der Waals surface area (Å²) in [5.41, 5.74) is 9.03. The van der Waals surface area contributed by atoms with Gasteiger partial charge >= 0.3 is 0 Å². The van der Waals surface area contributed by atoms with Gasteiger partial charge in [-0.15, -0.1) is 12.4 Å². The van der Waals surface area contributed by atoms with Crippen LogP contribution in [0.1, 0.15) is 12.8 Å². The summed E-state index contributed by atoms with van der Waals surface area (Å²) in [5.74, 6) is 0.587. The average molecular weight is 373 g/mol. The second-order valence-corrected chi connectivity index (χ2v) is 6.20. The van der Waals surface area contributed by atoms with Gasteiger partial charge in [-0.25, -0.2) is 4.98 Å². The number of para-hydroxylation sites is 3. The molecule has 0 unspecified atom stereocenters. The van der Waals surface area contributed by atoms with Gasteiger partial charge in [0, 0.05) is 12.1 Å². The first kappa shape index (κ1) is 18.4. The number of benzene rings is 2. The molecule has 6 nitrogen and oxygen atoms in total. The Balaban J connectivity index is 0.00000196. The maximum absolute atomic E-state index is 12.5. The molecule has 1 saturated heterocycles. The Morgan fingerprint density at radius 2 is 1.96 bits per heavy atom. The van der Waals surface area contributed by atoms with Gasteiger partial charge in [-0.05, 0) is 37.1 Å². The second kappa shape index (κ2) is 7.86. The van der Waals surface area contributed by atoms with Crippen LogP contribution in [0.25, 0.3) is 22.4 Å². The van der Waals surface area contributed by atoms with Crippen LogP contribution in [0.15, 0.2) is 48.5 Å². The summed E-state index contributed by atoms with van der Waals surface area (Å²) in [6.45, 7) is 0.444. The van der Waals surface area contributed by atoms with Crippen LogP contribution in [-0.4, -0.2) is 34.6 Å². The summed E-state index contributed by atoms with van der Waals surface area (Å²) in [6.07, 6.45) is 1.04. The van der Waals surface area contributed by atoms with Crippen molar-refractivity contribution >= 4 is 35.0 Å². The van der Waals surface area contributed by atoms with E-state index in [1.165, 1.54) is 0 Å². The maximum Gasteiger partial charge on any atom is 0.253 e. The summed E-state index contributed by atoms with van der Waals surface area (Å²) in [5, 5.41) is 2.98. The lowest BCUT2D eigenvalue weighted by Crippen LogP contribution is -2.30. The van der Waals surface area contributed by atoms with E-state index >= 15 is 0 Å². The van der Waals surface area contributed by atoms with Gasteiger partial charge in [-0.1, -0.05) is 24.3 Å². The van der Waals surface area contributed by atoms with Gasteiger partial charge in [0.05, 0.1) is 22.8 Å². The minimum Gasteiger partial charge on any atom is -0.364 e. The summed E-state index contributed by atoms with van der Waals surface area (Å²) >= 11 is 0. The van der Waals surface area contributed by atoms with Crippen LogP contribution in [0.2, 0.25) is 0 Å². The number of nitrogens with zero attached hydrogens (tertiary/aromatic N) is 1. The molecule has 0 radical (unpaired) electrons. The van der Waals surface area contributed by atoms with Crippen molar-refractivity contribution in [2.45, 2.75) is 25.0 Å². The first-order valence-electron chi connectivity index (χ1n) is 8.45. The zero-order valence-electron chi connectivity index (χ0n) is 14.1. The van der Waals surface area contributed by atoms with Gasteiger partial charge in [0.15, 0.2) is 0 Å². The molecule has 1 fully saturated rings. The van der Waals surface area contributed by atoms with Crippen LogP contribution in [0.4, 0.5) is 5.69 Å². The molecule has 0 saturated carbocycles. The normalized spacial score (nSPS) is 19.3. The fourth-order valence-corrected chi connectivity index (χ4v) is 3.16. The molecule has 1 aliphatic heterocycles. The highest BCUT2D eigenvalue weighted by molar-refractivity contribution is 5.98. The number of rotatable bonds is 4. The molecule has 4 rings (SSSR count). The first-order chi connectivity index (χ1) is 12.2. The Hall–Kier alpha value is -2.41. The molecular formula is C19H21ClN4O2. The predicted molar refractivity (Wildman–Crippen MR) is 104 cm³/mol. The number of carbonyl (C=O) groups excluding carboxylic acids is 1. The van der Waals surface area contributed by atoms with Gasteiger partial charge < -0.3 is 20.8 Å². The number of ether oxygens (including phenoxy) is 1. The van der Waals surface area contributed by atoms with Gasteiger partial charge in [-0.3, -0.25) is 4.79 Å². The highest BCUT2D eigenvalue weighted by atomic mass is 35.5. The molecule has 0 bridgehead atoms. The van der Waals surface area contributed by atoms with E-state index in [-0.39, 0.29) is 24.4 Å². The van der Waals surface area contributed by atoms with Crippen molar-refractivity contribution in [3.63, 3.8) is 0 Å². The molecule has 2 aromatic carbocycles. The molecule has 2 heterocycles. The number of nitrogens with two attached hydrogens (primary N) is 1. The van der Waals surface area contributed by atoms with E-state index in [0.717, 1.165) is 28.8 Å². The number of aromatic amines is 1. The third-order valence-corrected chi connectivity index (χ3v) is 4.49. The molecule has 0 aliphatic carbocycles. The summed E-state index contributed by atoms with van der Waals surface area (Å²) < 4.78 is 5.68. The van der Waals surface area contributed by atoms with E-state index in [1.807, 2.05) is 48.5 Å². The third kappa shape index (κ3) is 3.58. The molecule has 0 spiro atoms. The van der Waals surface area contributed by atoms with Crippen LogP contribution in [0.5, 0.6) is 0 Å². The zero-order chi connectivity index (χ0) is 17.2. The molecular weight excluding hydrogens is 352 g/mol. The number of amides is 1. The van der Waals surface area contributed by atoms with Crippen molar-refractivity contribution in [2.24, 2.45) is 5.73 Å². The molecule has 1 amide bonds. The monoisotopic (exact) mass is 372 g/mol. The number of anilines is 1. The minimum atomic E-state index is -0.447. The smallest absolute Gasteiger partial charge is 0.253 e. The molecule has 7 heteroatoms. The Morgan fingerprint density at radius 3 is 2.73 bits per heavy atom. The number of hydrogen-bond acceptors (Lipinski definition) is 4. The quantitative estimate of drug-likeness (QED) is 0.656. The third-order valence-electron chi connectivity index (χ3n) is 4.49. The number of carbonyl (C=O) groups is 1. The van der Waals surface area contributed by atoms with Gasteiger partial charge in [0.25, 0.3) is 5.91 Å². The van der Waals surface area contributed by atoms with Crippen LogP contribution < -0.4 is 11.1 Å². The Kier molecular flexibility index (Phi) is 5.56. The SMILES string of the molecule is Cl.NC[C@H]1CC[C@@H](C(=O)Nc2ccccc2-c2nc3ccccc3[nH]2)O1. The van der Waals surface area contributed by atoms with Crippen LogP contribution in [-0.2, 0) is 9.53 Å². The van der Waals surface area contributed by atoms with Gasteiger partial charge in [-0.2, -0.15) is 0 Å². The van der Waals surface area contributed by atoms with E-state index in [9.17, 15) is 4.79 Å². The summed E-state index contributed by atoms with van der Waals surface area (Å²) in [7, 11) is 0. The number of aromatic nitrogens is 2. The van der Waals surface area contributed by atoms with Crippen LogP contribution in [0.3, 0.4) is 0 Å². The fourth-order valence-electron chi connectivity index (χ4n) is 3.16. The number of halogens is 1. The van der Waals surface area contributed by atoms with Crippen LogP contribution >= 0.6 is 12.4 Å². The summed E-state index contributed by atoms with van der Waals surface area (Å²) in [4.78, 5) is 20.4. The number of hydrogen-bond donors (Lipinski definition) is 3. The minimum absolute atomic E-state index is 0. The van der Waals surface area contributed by atoms with Crippen molar-refractivity contribution in [3.05, 3.63) is 48.5 Å². The Labute approximate surface area is 157 Å². The lowest BCUT2D eigenvalue weighted by molar-refractivity contribution is -0.126. The second-order valence-electron chi connectivity index (χ2n) is 6.20. The van der Waals surface area contributed by atoms with Crippen molar-refractivity contribution < 1.29 is 9.53 Å². The van der Waals surface area contributed by atoms with Crippen molar-refractivity contribution in [1.82, 2.24) is 9.97 Å². The summed E-state index contributed by atoms with van der Waals surface area (Å²) in [6, 6.07) is 15.5. The maximum atomic E-state index is 12.5. The van der Waals surface area contributed by atoms with Crippen molar-refractivity contribution in [1.29, 1.82) is 0 Å². The van der Waals surface area contributed by atoms with E-state index in [0.29, 0.717) is 18.7 Å². The molecule has 1 aromatic heterocycles. The van der Waals surface area contributed by atoms with Crippen LogP contribution in [0, 0.1) is 0 Å². The number of nitrogens with one attached hydrogen (secondary N) is 2. The standard InChI is InChI=1S/C19H20N4O2.ClH/c20-11-12-9-10-17(25-12)19(24)23-14-6-2-1-5-13(14)18-21-15-7-3-4-8-16(15)22-18;/h1-8,12,17H,9-11,20H2,(H,21,22)(H,23,24);1H/t12-,17+;/m1./s1. The lowest BCUT2D eigenvalue weighted by Gasteiger charge is -2.14. The highest BCUT2D eigenvalue weighted by Crippen LogP contribution is 2.28. The highest BCUT2D eigenvalue weighted by Gasteiger charge is 2.30. The topological polar surface area (TPSA) is 93.0 Å².